The van der Waals surface area contributed by atoms with Gasteiger partial charge in [0.1, 0.15) is 6.54 Å². The summed E-state index contributed by atoms with van der Waals surface area (Å²) in [5.41, 5.74) is 0.148. The number of carboxylic acid groups (broad SMARTS) is 1. The summed E-state index contributed by atoms with van der Waals surface area (Å²) in [6, 6.07) is 3.61. The van der Waals surface area contributed by atoms with Crippen LogP contribution >= 0.6 is 0 Å². The van der Waals surface area contributed by atoms with Gasteiger partial charge in [0, 0.05) is 24.4 Å². The van der Waals surface area contributed by atoms with E-state index in [0.717, 1.165) is 6.07 Å². The molecule has 0 aromatic heterocycles. The molecule has 0 aliphatic carbocycles. The van der Waals surface area contributed by atoms with E-state index in [0.29, 0.717) is 6.42 Å². The van der Waals surface area contributed by atoms with Crippen molar-refractivity contribution < 1.29 is 28.6 Å². The predicted octanol–water partition coefficient (Wildman–Crippen LogP) is 2.51. The van der Waals surface area contributed by atoms with Gasteiger partial charge in [-0.15, -0.1) is 0 Å². The second-order valence-corrected chi connectivity index (χ2v) is 5.45. The lowest BCUT2D eigenvalue weighted by atomic mass is 10.1. The molecule has 0 bridgehead atoms. The van der Waals surface area contributed by atoms with Crippen molar-refractivity contribution in [3.8, 4) is 5.75 Å². The minimum atomic E-state index is -1.10. The van der Waals surface area contributed by atoms with E-state index in [2.05, 4.69) is 0 Å². The zero-order valence-electron chi connectivity index (χ0n) is 14.0. The number of rotatable bonds is 9. The van der Waals surface area contributed by atoms with Crippen molar-refractivity contribution in [1.29, 1.82) is 0 Å². The summed E-state index contributed by atoms with van der Waals surface area (Å²) in [7, 11) is 1.32. The summed E-state index contributed by atoms with van der Waals surface area (Å²) >= 11 is 0. The number of carboxylic acids is 1. The standard InChI is InChI=1S/C17H22FNO5/c1-4-11(2)19(10-17(22)23)16(21)8-6-14(20)12-5-7-15(24-3)13(18)9-12/h5,7,9,11H,4,6,8,10H2,1-3H3,(H,22,23). The fourth-order valence-electron chi connectivity index (χ4n) is 2.20. The van der Waals surface area contributed by atoms with E-state index in [1.807, 2.05) is 6.92 Å². The van der Waals surface area contributed by atoms with Crippen LogP contribution in [0.1, 0.15) is 43.5 Å². The van der Waals surface area contributed by atoms with E-state index in [-0.39, 0.29) is 36.0 Å². The van der Waals surface area contributed by atoms with Gasteiger partial charge in [0.25, 0.3) is 0 Å². The molecule has 0 spiro atoms. The van der Waals surface area contributed by atoms with Gasteiger partial charge in [0.15, 0.2) is 17.3 Å². The Bertz CT molecular complexity index is 617. The summed E-state index contributed by atoms with van der Waals surface area (Å²) in [5.74, 6) is -2.51. The zero-order valence-corrected chi connectivity index (χ0v) is 14.0. The third-order valence-corrected chi connectivity index (χ3v) is 3.79. The van der Waals surface area contributed by atoms with Crippen LogP contribution in [0, 0.1) is 5.82 Å². The number of halogens is 1. The summed E-state index contributed by atoms with van der Waals surface area (Å²) in [5, 5.41) is 8.90. The SMILES string of the molecule is CCC(C)N(CC(=O)O)C(=O)CCC(=O)c1ccc(OC)c(F)c1. The minimum absolute atomic E-state index is 0.0343. The summed E-state index contributed by atoms with van der Waals surface area (Å²) in [6.07, 6.45) is 0.373. The Labute approximate surface area is 140 Å². The first-order chi connectivity index (χ1) is 11.3. The van der Waals surface area contributed by atoms with Gasteiger partial charge in [0.2, 0.25) is 5.91 Å². The monoisotopic (exact) mass is 339 g/mol. The summed E-state index contributed by atoms with van der Waals surface area (Å²) in [6.45, 7) is 3.19. The van der Waals surface area contributed by atoms with Crippen molar-refractivity contribution in [2.24, 2.45) is 0 Å². The van der Waals surface area contributed by atoms with Crippen molar-refractivity contribution in [1.82, 2.24) is 4.90 Å². The van der Waals surface area contributed by atoms with E-state index < -0.39 is 24.2 Å². The molecule has 1 aromatic carbocycles. The third kappa shape index (κ3) is 5.33. The van der Waals surface area contributed by atoms with E-state index in [4.69, 9.17) is 9.84 Å². The average Bonchev–Trinajstić information content (AvgIpc) is 2.56. The largest absolute Gasteiger partial charge is 0.494 e. The van der Waals surface area contributed by atoms with Crippen molar-refractivity contribution in [3.05, 3.63) is 29.6 Å². The van der Waals surface area contributed by atoms with Gasteiger partial charge < -0.3 is 14.7 Å². The van der Waals surface area contributed by atoms with Crippen LogP contribution in [-0.2, 0) is 9.59 Å². The van der Waals surface area contributed by atoms with Crippen LogP contribution in [0.2, 0.25) is 0 Å². The van der Waals surface area contributed by atoms with Crippen LogP contribution < -0.4 is 4.74 Å². The van der Waals surface area contributed by atoms with Gasteiger partial charge in [-0.25, -0.2) is 4.39 Å². The van der Waals surface area contributed by atoms with Crippen molar-refractivity contribution >= 4 is 17.7 Å². The molecule has 1 amide bonds. The van der Waals surface area contributed by atoms with Crippen molar-refractivity contribution in [2.45, 2.75) is 39.2 Å². The highest BCUT2D eigenvalue weighted by molar-refractivity contribution is 5.98. The van der Waals surface area contributed by atoms with Crippen LogP contribution in [0.25, 0.3) is 0 Å². The van der Waals surface area contributed by atoms with Gasteiger partial charge in [-0.1, -0.05) is 6.92 Å². The van der Waals surface area contributed by atoms with Gasteiger partial charge in [-0.05, 0) is 31.5 Å². The number of hydrogen-bond acceptors (Lipinski definition) is 4. The highest BCUT2D eigenvalue weighted by atomic mass is 19.1. The lowest BCUT2D eigenvalue weighted by molar-refractivity contribution is -0.146. The molecule has 0 heterocycles. The molecule has 7 heteroatoms. The van der Waals surface area contributed by atoms with Gasteiger partial charge in [-0.2, -0.15) is 0 Å². The number of hydrogen-bond donors (Lipinski definition) is 1. The molecule has 1 unspecified atom stereocenters. The van der Waals surface area contributed by atoms with Crippen LogP contribution in [-0.4, -0.2) is 47.4 Å². The number of benzene rings is 1. The Kier molecular flexibility index (Phi) is 7.35. The van der Waals surface area contributed by atoms with E-state index in [9.17, 15) is 18.8 Å². The molecular weight excluding hydrogens is 317 g/mol. The predicted molar refractivity (Wildman–Crippen MR) is 85.6 cm³/mol. The number of ketones is 1. The van der Waals surface area contributed by atoms with E-state index in [1.54, 1.807) is 6.92 Å². The lowest BCUT2D eigenvalue weighted by Gasteiger charge is -2.26. The van der Waals surface area contributed by atoms with Gasteiger partial charge >= 0.3 is 5.97 Å². The van der Waals surface area contributed by atoms with Crippen LogP contribution in [0.4, 0.5) is 4.39 Å². The highest BCUT2D eigenvalue weighted by Crippen LogP contribution is 2.19. The maximum absolute atomic E-state index is 13.6. The number of carbonyl (C=O) groups is 3. The molecule has 1 atom stereocenters. The number of Topliss-reactive ketones (excluding diaryl/α,β-unsaturated/α-hetero) is 1. The molecule has 1 aromatic rings. The molecule has 0 fully saturated rings. The van der Waals surface area contributed by atoms with E-state index >= 15 is 0 Å². The first-order valence-corrected chi connectivity index (χ1v) is 7.68. The minimum Gasteiger partial charge on any atom is -0.494 e. The van der Waals surface area contributed by atoms with E-state index in [1.165, 1.54) is 24.1 Å². The third-order valence-electron chi connectivity index (χ3n) is 3.79. The van der Waals surface area contributed by atoms with Gasteiger partial charge in [-0.3, -0.25) is 14.4 Å². The average molecular weight is 339 g/mol. The Balaban J connectivity index is 2.72. The smallest absolute Gasteiger partial charge is 0.323 e. The zero-order chi connectivity index (χ0) is 18.3. The Morgan fingerprint density at radius 2 is 1.96 bits per heavy atom. The van der Waals surface area contributed by atoms with Crippen molar-refractivity contribution in [3.63, 3.8) is 0 Å². The molecule has 0 saturated carbocycles. The number of methoxy groups -OCH3 is 1. The lowest BCUT2D eigenvalue weighted by Crippen LogP contribution is -2.41. The number of ether oxygens (including phenoxy) is 1. The Morgan fingerprint density at radius 3 is 2.46 bits per heavy atom. The second kappa shape index (κ2) is 9.00. The molecule has 0 aliphatic rings. The Hall–Kier alpha value is -2.44. The number of nitrogens with zero attached hydrogens (tertiary/aromatic N) is 1. The molecule has 6 nitrogen and oxygen atoms in total. The van der Waals surface area contributed by atoms with Crippen LogP contribution in [0.3, 0.4) is 0 Å². The molecule has 1 rings (SSSR count). The maximum atomic E-state index is 13.6. The van der Waals surface area contributed by atoms with Crippen LogP contribution in [0.15, 0.2) is 18.2 Å². The highest BCUT2D eigenvalue weighted by Gasteiger charge is 2.22. The quantitative estimate of drug-likeness (QED) is 0.699. The number of carbonyl (C=O) groups excluding carboxylic acids is 2. The molecule has 0 saturated heterocycles. The topological polar surface area (TPSA) is 83.9 Å². The molecule has 0 aliphatic heterocycles. The molecular formula is C17H22FNO5. The maximum Gasteiger partial charge on any atom is 0.323 e. The van der Waals surface area contributed by atoms with Crippen molar-refractivity contribution in [2.75, 3.05) is 13.7 Å². The summed E-state index contributed by atoms with van der Waals surface area (Å²) in [4.78, 5) is 36.4. The summed E-state index contributed by atoms with van der Waals surface area (Å²) < 4.78 is 18.4. The molecule has 1 N–H and O–H groups in total. The Morgan fingerprint density at radius 1 is 1.29 bits per heavy atom. The first-order valence-electron chi connectivity index (χ1n) is 7.68. The van der Waals surface area contributed by atoms with Crippen LogP contribution in [0.5, 0.6) is 5.75 Å². The number of amides is 1. The fraction of sp³-hybridized carbons (Fsp3) is 0.471. The van der Waals surface area contributed by atoms with Gasteiger partial charge in [0.05, 0.1) is 7.11 Å². The fourth-order valence-corrected chi connectivity index (χ4v) is 2.20. The first kappa shape index (κ1) is 19.6. The molecule has 132 valence electrons. The normalized spacial score (nSPS) is 11.7. The molecule has 0 radical (unpaired) electrons. The second-order valence-electron chi connectivity index (χ2n) is 5.45. The molecule has 24 heavy (non-hydrogen) atoms. The number of aliphatic carboxylic acids is 1.